The maximum Gasteiger partial charge on any atom is 0.334 e. The van der Waals surface area contributed by atoms with Crippen molar-refractivity contribution >= 4 is 0 Å². The third-order valence-corrected chi connectivity index (χ3v) is 4.04. The zero-order chi connectivity index (χ0) is 13.5. The van der Waals surface area contributed by atoms with Crippen molar-refractivity contribution in [2.24, 2.45) is 0 Å². The summed E-state index contributed by atoms with van der Waals surface area (Å²) in [6.07, 6.45) is -1.73. The number of ether oxygens (including phenoxy) is 1. The molecule has 0 amide bonds. The van der Waals surface area contributed by atoms with Gasteiger partial charge in [-0.2, -0.15) is 0 Å². The molecular formula is C10H14FIN2O4+2. The van der Waals surface area contributed by atoms with E-state index in [1.807, 2.05) is 4.98 Å². The Morgan fingerprint density at radius 2 is 2.33 bits per heavy atom. The summed E-state index contributed by atoms with van der Waals surface area (Å²) in [5, 5.41) is 9.84. The van der Waals surface area contributed by atoms with Gasteiger partial charge in [-0.25, -0.2) is 13.8 Å². The maximum absolute atomic E-state index is 14.5. The Kier molecular flexibility index (Phi) is 3.60. The Morgan fingerprint density at radius 3 is 2.83 bits per heavy atom. The molecule has 1 aromatic rings. The quantitative estimate of drug-likeness (QED) is 0.311. The van der Waals surface area contributed by atoms with Crippen LogP contribution in [-0.4, -0.2) is 41.7 Å². The van der Waals surface area contributed by atoms with Gasteiger partial charge in [0.1, 0.15) is 0 Å². The molecule has 0 aliphatic carbocycles. The number of H-pyrrole nitrogens is 1. The van der Waals surface area contributed by atoms with Crippen LogP contribution in [0.25, 0.3) is 0 Å². The molecule has 0 unspecified atom stereocenters. The molecule has 18 heavy (non-hydrogen) atoms. The van der Waals surface area contributed by atoms with Gasteiger partial charge in [-0.05, 0) is 6.92 Å². The van der Waals surface area contributed by atoms with Crippen molar-refractivity contribution in [3.8, 4) is 0 Å². The van der Waals surface area contributed by atoms with Crippen LogP contribution in [-0.2, 0) is 0 Å². The lowest BCUT2D eigenvalue weighted by Crippen LogP contribution is -3.36. The fourth-order valence-corrected chi connectivity index (χ4v) is 2.80. The topological polar surface area (TPSA) is 87.9 Å². The SMILES string of the molecule is C[C@@]1(F)[C@H](O)[C@@H](C[IH+])[OH+][C@H]1n1ccc(=O)[nH]c1=O. The third-order valence-electron chi connectivity index (χ3n) is 3.07. The van der Waals surface area contributed by atoms with E-state index in [-0.39, 0.29) is 0 Å². The number of nitrogens with zero attached hydrogens (tertiary/aromatic N) is 1. The molecule has 0 radical (unpaired) electrons. The Balaban J connectivity index is 2.45. The lowest BCUT2D eigenvalue weighted by atomic mass is 9.99. The van der Waals surface area contributed by atoms with E-state index in [1.54, 1.807) is 22.6 Å². The Hall–Kier alpha value is -0.740. The molecule has 1 aromatic heterocycles. The van der Waals surface area contributed by atoms with Crippen LogP contribution in [0.15, 0.2) is 21.9 Å². The van der Waals surface area contributed by atoms with Crippen molar-refractivity contribution in [3.05, 3.63) is 33.1 Å². The van der Waals surface area contributed by atoms with Gasteiger partial charge in [-0.1, -0.05) is 0 Å². The highest BCUT2D eigenvalue weighted by atomic mass is 127. The highest BCUT2D eigenvalue weighted by Crippen LogP contribution is 2.37. The second-order valence-corrected chi connectivity index (χ2v) is 5.32. The molecule has 6 nitrogen and oxygen atoms in total. The number of aliphatic hydroxyl groups excluding tert-OH is 1. The summed E-state index contributed by atoms with van der Waals surface area (Å²) in [4.78, 5) is 24.6. The van der Waals surface area contributed by atoms with Crippen molar-refractivity contribution in [1.29, 1.82) is 0 Å². The molecule has 1 saturated heterocycles. The summed E-state index contributed by atoms with van der Waals surface area (Å²) in [6, 6.07) is 1.12. The molecular weight excluding hydrogens is 358 g/mol. The van der Waals surface area contributed by atoms with Gasteiger partial charge in [0.25, 0.3) is 34.4 Å². The van der Waals surface area contributed by atoms with E-state index in [1.165, 1.54) is 13.1 Å². The molecule has 0 aromatic carbocycles. The summed E-state index contributed by atoms with van der Waals surface area (Å²) in [6.45, 7) is 1.21. The van der Waals surface area contributed by atoms with Crippen LogP contribution in [0.5, 0.6) is 0 Å². The highest BCUT2D eigenvalue weighted by molar-refractivity contribution is 5.00. The zero-order valence-electron chi connectivity index (χ0n) is 9.54. The predicted octanol–water partition coefficient (Wildman–Crippen LogP) is -4.68. The fourth-order valence-electron chi connectivity index (χ4n) is 2.04. The molecule has 4 atom stereocenters. The van der Waals surface area contributed by atoms with Crippen molar-refractivity contribution in [2.45, 2.75) is 31.0 Å². The molecule has 0 saturated carbocycles. The maximum atomic E-state index is 14.5. The van der Waals surface area contributed by atoms with Gasteiger partial charge in [0.05, 0.1) is 0 Å². The Morgan fingerprint density at radius 1 is 1.67 bits per heavy atom. The van der Waals surface area contributed by atoms with Crippen molar-refractivity contribution in [3.63, 3.8) is 0 Å². The number of aromatic amines is 1. The number of aromatic nitrogens is 2. The van der Waals surface area contributed by atoms with E-state index >= 15 is 0 Å². The van der Waals surface area contributed by atoms with Crippen LogP contribution in [0.1, 0.15) is 13.2 Å². The number of nitrogens with one attached hydrogen (secondary N) is 1. The lowest BCUT2D eigenvalue weighted by molar-refractivity contribution is -0.402. The number of aliphatic hydroxyl groups is 3. The second kappa shape index (κ2) is 4.74. The smallest absolute Gasteiger partial charge is 0.334 e. The third kappa shape index (κ3) is 2.12. The molecule has 100 valence electrons. The van der Waals surface area contributed by atoms with Crippen LogP contribution in [0.3, 0.4) is 0 Å². The van der Waals surface area contributed by atoms with Crippen molar-refractivity contribution < 1.29 is 36.8 Å². The summed E-state index contributed by atoms with van der Waals surface area (Å²) < 4.78 is 20.1. The first-order valence-electron chi connectivity index (χ1n) is 5.34. The van der Waals surface area contributed by atoms with Crippen molar-refractivity contribution in [1.82, 2.24) is 9.55 Å². The van der Waals surface area contributed by atoms with Gasteiger partial charge in [0.15, 0.2) is 6.10 Å². The lowest BCUT2D eigenvalue weighted by Gasteiger charge is -2.20. The standard InChI is InChI=1S/C10H12FIN2O4/c1-10(11)7(16)5(4-12)18-8(10)14-3-2-6(15)13-9(14)17/h2-3,5,7-8,12,16H,4H2,1H3/p+2/t5-,7-,8-,10-/m1/s1. The molecule has 2 heterocycles. The van der Waals surface area contributed by atoms with E-state index in [0.29, 0.717) is 4.43 Å². The average molecular weight is 372 g/mol. The number of alkyl halides is 2. The molecule has 1 aliphatic rings. The largest absolute Gasteiger partial charge is 0.405 e. The first kappa shape index (κ1) is 13.7. The molecule has 3 N–H and O–H groups in total. The highest BCUT2D eigenvalue weighted by Gasteiger charge is 2.61. The molecule has 8 heteroatoms. The van der Waals surface area contributed by atoms with Crippen LogP contribution in [0, 0.1) is 0 Å². The van der Waals surface area contributed by atoms with Gasteiger partial charge in [-0.15, -0.1) is 0 Å². The number of hydrogen-bond acceptors (Lipinski definition) is 3. The predicted molar refractivity (Wildman–Crippen MR) is 58.1 cm³/mol. The first-order chi connectivity index (χ1) is 8.37. The fraction of sp³-hybridized carbons (Fsp3) is 0.600. The van der Waals surface area contributed by atoms with Crippen LogP contribution < -0.4 is 33.8 Å². The molecule has 1 fully saturated rings. The Labute approximate surface area is 115 Å². The average Bonchev–Trinajstić information content (AvgIpc) is 2.52. The minimum Gasteiger partial charge on any atom is -0.405 e. The van der Waals surface area contributed by atoms with Gasteiger partial charge in [0.2, 0.25) is 16.2 Å². The summed E-state index contributed by atoms with van der Waals surface area (Å²) in [7, 11) is 0. The van der Waals surface area contributed by atoms with E-state index in [0.717, 1.165) is 10.6 Å². The summed E-state index contributed by atoms with van der Waals surface area (Å²) in [5.74, 6) is 0. The van der Waals surface area contributed by atoms with E-state index in [9.17, 15) is 19.1 Å². The van der Waals surface area contributed by atoms with Crippen LogP contribution in [0.2, 0.25) is 0 Å². The number of hydrogen-bond donors (Lipinski definition) is 2. The molecule has 1 aliphatic heterocycles. The first-order valence-corrected chi connectivity index (χ1v) is 6.99. The minimum atomic E-state index is -2.04. The van der Waals surface area contributed by atoms with E-state index in [4.69, 9.17) is 0 Å². The van der Waals surface area contributed by atoms with E-state index < -0.39 is 35.4 Å². The van der Waals surface area contributed by atoms with Crippen LogP contribution >= 0.6 is 0 Å². The zero-order valence-corrected chi connectivity index (χ0v) is 11.9. The van der Waals surface area contributed by atoms with Gasteiger partial charge in [0, 0.05) is 12.3 Å². The molecule has 0 bridgehead atoms. The number of halogens is 2. The molecule has 0 spiro atoms. The second-order valence-electron chi connectivity index (χ2n) is 4.37. The summed E-state index contributed by atoms with van der Waals surface area (Å²) >= 11 is 1.71. The van der Waals surface area contributed by atoms with Crippen LogP contribution in [0.4, 0.5) is 4.39 Å². The summed E-state index contributed by atoms with van der Waals surface area (Å²) in [5.41, 5.74) is -3.32. The minimum absolute atomic E-state index is 0.491. The normalized spacial score (nSPS) is 35.9. The van der Waals surface area contributed by atoms with Gasteiger partial charge < -0.3 is 9.84 Å². The number of rotatable bonds is 2. The molecule has 2 rings (SSSR count). The van der Waals surface area contributed by atoms with Gasteiger partial charge in [-0.3, -0.25) is 9.78 Å². The van der Waals surface area contributed by atoms with Crippen molar-refractivity contribution in [2.75, 3.05) is 4.43 Å². The Bertz CT molecular complexity index is 555. The van der Waals surface area contributed by atoms with E-state index in [2.05, 4.69) is 4.74 Å². The van der Waals surface area contributed by atoms with Gasteiger partial charge >= 0.3 is 5.69 Å². The monoisotopic (exact) mass is 372 g/mol.